The van der Waals surface area contributed by atoms with Crippen molar-refractivity contribution in [2.24, 2.45) is 0 Å². The second kappa shape index (κ2) is 10.4. The van der Waals surface area contributed by atoms with Crippen molar-refractivity contribution >= 4 is 11.5 Å². The summed E-state index contributed by atoms with van der Waals surface area (Å²) in [6, 6.07) is 9.46. The molecule has 4 heterocycles. The van der Waals surface area contributed by atoms with Crippen molar-refractivity contribution in [2.75, 3.05) is 81.9 Å². The third kappa shape index (κ3) is 5.31. The van der Waals surface area contributed by atoms with Crippen molar-refractivity contribution in [1.82, 2.24) is 19.8 Å². The zero-order chi connectivity index (χ0) is 22.6. The van der Waals surface area contributed by atoms with Crippen molar-refractivity contribution in [2.45, 2.75) is 32.7 Å². The molecule has 7 nitrogen and oxygen atoms in total. The van der Waals surface area contributed by atoms with Crippen LogP contribution in [0.2, 0.25) is 0 Å². The minimum absolute atomic E-state index is 0.630. The van der Waals surface area contributed by atoms with Crippen LogP contribution in [0.3, 0.4) is 0 Å². The van der Waals surface area contributed by atoms with E-state index in [1.165, 1.54) is 11.3 Å². The fraction of sp³-hybridized carbons (Fsp3) is 0.615. The van der Waals surface area contributed by atoms with Crippen LogP contribution in [-0.2, 0) is 11.2 Å². The first-order valence-electron chi connectivity index (χ1n) is 12.7. The highest BCUT2D eigenvalue weighted by Crippen LogP contribution is 2.29. The summed E-state index contributed by atoms with van der Waals surface area (Å²) >= 11 is 0. The Morgan fingerprint density at radius 2 is 1.67 bits per heavy atom. The van der Waals surface area contributed by atoms with Crippen molar-refractivity contribution in [1.29, 1.82) is 0 Å². The maximum absolute atomic E-state index is 5.46. The first-order valence-corrected chi connectivity index (χ1v) is 12.7. The number of piperazine rings is 1. The molecule has 0 saturated carbocycles. The van der Waals surface area contributed by atoms with Crippen molar-refractivity contribution in [3.05, 3.63) is 36.0 Å². The molecule has 0 aliphatic carbocycles. The molecular formula is C26H38N6O. The smallest absolute Gasteiger partial charge is 0.161 e. The highest BCUT2D eigenvalue weighted by Gasteiger charge is 2.23. The highest BCUT2D eigenvalue weighted by atomic mass is 16.5. The molecule has 5 rings (SSSR count). The molecule has 0 radical (unpaired) electrons. The van der Waals surface area contributed by atoms with E-state index in [2.05, 4.69) is 57.7 Å². The molecule has 0 N–H and O–H groups in total. The average Bonchev–Trinajstić information content (AvgIpc) is 3.27. The summed E-state index contributed by atoms with van der Waals surface area (Å²) in [5, 5.41) is 0. The Bertz CT molecular complexity index is 903. The lowest BCUT2D eigenvalue weighted by atomic mass is 10.1. The summed E-state index contributed by atoms with van der Waals surface area (Å²) in [6.07, 6.45) is 4.25. The Balaban J connectivity index is 1.20. The first-order chi connectivity index (χ1) is 16.2. The van der Waals surface area contributed by atoms with E-state index in [4.69, 9.17) is 14.7 Å². The number of fused-ring (bicyclic) bond motifs is 1. The molecular weight excluding hydrogens is 412 g/mol. The number of hydrogen-bond acceptors (Lipinski definition) is 7. The van der Waals surface area contributed by atoms with E-state index >= 15 is 0 Å². The Kier molecular flexibility index (Phi) is 7.09. The molecule has 0 spiro atoms. The molecule has 0 bridgehead atoms. The van der Waals surface area contributed by atoms with Gasteiger partial charge < -0.3 is 14.5 Å². The van der Waals surface area contributed by atoms with Crippen LogP contribution in [0.15, 0.2) is 30.5 Å². The van der Waals surface area contributed by atoms with Gasteiger partial charge in [0.25, 0.3) is 0 Å². The Hall–Kier alpha value is -2.22. The number of ether oxygens (including phenoxy) is 1. The molecule has 178 valence electrons. The Morgan fingerprint density at radius 3 is 2.39 bits per heavy atom. The van der Waals surface area contributed by atoms with Crippen molar-refractivity contribution in [3.8, 4) is 11.4 Å². The van der Waals surface area contributed by atoms with Crippen LogP contribution in [0.25, 0.3) is 11.4 Å². The molecule has 3 aliphatic rings. The number of nitrogens with zero attached hydrogens (tertiary/aromatic N) is 6. The molecule has 3 aliphatic heterocycles. The summed E-state index contributed by atoms with van der Waals surface area (Å²) in [6.45, 7) is 16.1. The lowest BCUT2D eigenvalue weighted by Crippen LogP contribution is -2.48. The second-order valence-corrected chi connectivity index (χ2v) is 9.75. The zero-order valence-electron chi connectivity index (χ0n) is 20.2. The van der Waals surface area contributed by atoms with Gasteiger partial charge in [0.2, 0.25) is 0 Å². The van der Waals surface area contributed by atoms with Crippen molar-refractivity contribution in [3.63, 3.8) is 0 Å². The molecule has 7 heteroatoms. The van der Waals surface area contributed by atoms with Crippen LogP contribution >= 0.6 is 0 Å². The summed E-state index contributed by atoms with van der Waals surface area (Å²) in [7, 11) is 0. The molecule has 0 amide bonds. The second-order valence-electron chi connectivity index (χ2n) is 9.75. The van der Waals surface area contributed by atoms with E-state index in [0.29, 0.717) is 6.04 Å². The predicted molar refractivity (Wildman–Crippen MR) is 134 cm³/mol. The van der Waals surface area contributed by atoms with Crippen LogP contribution < -0.4 is 9.80 Å². The largest absolute Gasteiger partial charge is 0.379 e. The van der Waals surface area contributed by atoms with E-state index in [9.17, 15) is 0 Å². The highest BCUT2D eigenvalue weighted by molar-refractivity contribution is 5.63. The van der Waals surface area contributed by atoms with Crippen LogP contribution in [-0.4, -0.2) is 97.9 Å². The van der Waals surface area contributed by atoms with Crippen LogP contribution in [0.5, 0.6) is 0 Å². The number of morpholine rings is 1. The molecule has 0 atom stereocenters. The molecule has 1 aromatic carbocycles. The van der Waals surface area contributed by atoms with Crippen LogP contribution in [0, 0.1) is 0 Å². The maximum atomic E-state index is 5.46. The van der Waals surface area contributed by atoms with Gasteiger partial charge in [0.1, 0.15) is 5.82 Å². The number of anilines is 2. The number of hydrogen-bond donors (Lipinski definition) is 0. The lowest BCUT2D eigenvalue weighted by Gasteiger charge is -2.38. The lowest BCUT2D eigenvalue weighted by molar-refractivity contribution is 0.0376. The van der Waals surface area contributed by atoms with Gasteiger partial charge in [0.15, 0.2) is 5.82 Å². The first kappa shape index (κ1) is 22.6. The van der Waals surface area contributed by atoms with E-state index in [1.807, 2.05) is 6.20 Å². The Labute approximate surface area is 198 Å². The van der Waals surface area contributed by atoms with Crippen LogP contribution in [0.1, 0.15) is 25.8 Å². The monoisotopic (exact) mass is 450 g/mol. The normalized spacial score (nSPS) is 20.0. The predicted octanol–water partition coefficient (Wildman–Crippen LogP) is 2.76. The van der Waals surface area contributed by atoms with Gasteiger partial charge >= 0.3 is 0 Å². The number of aromatic nitrogens is 2. The Morgan fingerprint density at radius 1 is 0.909 bits per heavy atom. The van der Waals surface area contributed by atoms with Gasteiger partial charge in [-0.25, -0.2) is 9.97 Å². The summed E-state index contributed by atoms with van der Waals surface area (Å²) in [5.41, 5.74) is 3.68. The van der Waals surface area contributed by atoms with Gasteiger partial charge in [0.05, 0.1) is 13.2 Å². The third-order valence-electron chi connectivity index (χ3n) is 7.33. The summed E-state index contributed by atoms with van der Waals surface area (Å²) in [5.74, 6) is 1.97. The number of rotatable bonds is 7. The maximum Gasteiger partial charge on any atom is 0.161 e. The zero-order valence-corrected chi connectivity index (χ0v) is 20.2. The number of benzene rings is 1. The standard InChI is InChI=1S/C26H38N6O/c1-21(2)30-12-14-31(15-13-30)24-6-4-22(5-7-24)25-27-20-23-8-11-32(26(23)28-25)10-3-9-29-16-18-33-19-17-29/h4-7,20-21H,3,8-19H2,1-2H3. The van der Waals surface area contributed by atoms with Crippen LogP contribution in [0.4, 0.5) is 11.5 Å². The molecule has 2 aromatic rings. The van der Waals surface area contributed by atoms with Gasteiger partial charge in [-0.05, 0) is 51.0 Å². The van der Waals surface area contributed by atoms with E-state index in [0.717, 1.165) is 102 Å². The minimum atomic E-state index is 0.630. The molecule has 1 aromatic heterocycles. The topological polar surface area (TPSA) is 48.0 Å². The van der Waals surface area contributed by atoms with E-state index < -0.39 is 0 Å². The third-order valence-corrected chi connectivity index (χ3v) is 7.33. The molecule has 0 unspecified atom stereocenters. The van der Waals surface area contributed by atoms with Gasteiger partial charge in [-0.3, -0.25) is 9.80 Å². The fourth-order valence-corrected chi connectivity index (χ4v) is 5.19. The minimum Gasteiger partial charge on any atom is -0.379 e. The summed E-state index contributed by atoms with van der Waals surface area (Å²) < 4.78 is 5.46. The van der Waals surface area contributed by atoms with Gasteiger partial charge in [-0.1, -0.05) is 0 Å². The molecule has 33 heavy (non-hydrogen) atoms. The quantitative estimate of drug-likeness (QED) is 0.643. The average molecular weight is 451 g/mol. The summed E-state index contributed by atoms with van der Waals surface area (Å²) in [4.78, 5) is 19.7. The van der Waals surface area contributed by atoms with Gasteiger partial charge in [-0.2, -0.15) is 0 Å². The SMILES string of the molecule is CC(C)N1CCN(c2ccc(-c3ncc4c(n3)N(CCCN3CCOCC3)CC4)cc2)CC1. The van der Waals surface area contributed by atoms with Crippen molar-refractivity contribution < 1.29 is 4.74 Å². The molecule has 2 saturated heterocycles. The molecule has 2 fully saturated rings. The van der Waals surface area contributed by atoms with E-state index in [1.54, 1.807) is 0 Å². The van der Waals surface area contributed by atoms with Gasteiger partial charge in [-0.15, -0.1) is 0 Å². The van der Waals surface area contributed by atoms with E-state index in [-0.39, 0.29) is 0 Å². The van der Waals surface area contributed by atoms with Gasteiger partial charge in [0, 0.05) is 88.0 Å². The fourth-order valence-electron chi connectivity index (χ4n) is 5.19.